The number of benzene rings is 1. The van der Waals surface area contributed by atoms with Crippen molar-refractivity contribution < 1.29 is 13.9 Å². The van der Waals surface area contributed by atoms with Crippen LogP contribution in [0, 0.1) is 5.82 Å². The van der Waals surface area contributed by atoms with Gasteiger partial charge in [-0.3, -0.25) is 4.79 Å². The average Bonchev–Trinajstić information content (AvgIpc) is 2.41. The van der Waals surface area contributed by atoms with Gasteiger partial charge in [0, 0.05) is 12.5 Å². The Morgan fingerprint density at radius 3 is 2.55 bits per heavy atom. The molecule has 0 heterocycles. The molecule has 0 fully saturated rings. The third kappa shape index (κ3) is 8.20. The number of carbonyl (C=O) groups excluding carboxylic acids is 1. The van der Waals surface area contributed by atoms with Gasteiger partial charge in [-0.15, -0.1) is 12.4 Å². The molecule has 6 heteroatoms. The van der Waals surface area contributed by atoms with Crippen LogP contribution in [-0.2, 0) is 4.79 Å². The first kappa shape index (κ1) is 20.7. The van der Waals surface area contributed by atoms with Gasteiger partial charge in [-0.05, 0) is 45.4 Å². The molecule has 0 unspecified atom stereocenters. The number of hydrogen-bond donors (Lipinski definition) is 2. The molecule has 0 bridgehead atoms. The third-order valence-electron chi connectivity index (χ3n) is 2.94. The van der Waals surface area contributed by atoms with Crippen LogP contribution in [0.4, 0.5) is 10.1 Å². The fourth-order valence-electron chi connectivity index (χ4n) is 1.94. The van der Waals surface area contributed by atoms with Crippen LogP contribution >= 0.6 is 12.4 Å². The van der Waals surface area contributed by atoms with Crippen molar-refractivity contribution >= 4 is 24.0 Å². The summed E-state index contributed by atoms with van der Waals surface area (Å²) in [6.07, 6.45) is 4.15. The van der Waals surface area contributed by atoms with Crippen molar-refractivity contribution in [3.8, 4) is 5.75 Å². The van der Waals surface area contributed by atoms with Gasteiger partial charge in [0.15, 0.2) is 0 Å². The summed E-state index contributed by atoms with van der Waals surface area (Å²) in [5.74, 6) is -0.189. The molecule has 1 aromatic carbocycles. The second kappa shape index (κ2) is 11.3. The fourth-order valence-corrected chi connectivity index (χ4v) is 1.94. The summed E-state index contributed by atoms with van der Waals surface area (Å²) in [7, 11) is 0. The summed E-state index contributed by atoms with van der Waals surface area (Å²) in [5, 5.41) is 2.59. The van der Waals surface area contributed by atoms with E-state index in [0.29, 0.717) is 18.7 Å². The highest BCUT2D eigenvalue weighted by Gasteiger charge is 2.09. The fraction of sp³-hybridized carbons (Fsp3) is 0.562. The van der Waals surface area contributed by atoms with E-state index in [4.69, 9.17) is 10.5 Å². The Hall–Kier alpha value is -1.33. The van der Waals surface area contributed by atoms with Crippen LogP contribution in [0.1, 0.15) is 46.0 Å². The number of anilines is 1. The van der Waals surface area contributed by atoms with Gasteiger partial charge >= 0.3 is 0 Å². The van der Waals surface area contributed by atoms with E-state index in [1.54, 1.807) is 6.07 Å². The Bertz CT molecular complexity index is 456. The Kier molecular flexibility index (Phi) is 10.6. The lowest BCUT2D eigenvalue weighted by Crippen LogP contribution is -2.13. The number of nitrogens with one attached hydrogen (secondary N) is 1. The maximum atomic E-state index is 13.8. The van der Waals surface area contributed by atoms with Gasteiger partial charge in [-0.2, -0.15) is 0 Å². The predicted molar refractivity (Wildman–Crippen MR) is 90.2 cm³/mol. The zero-order chi connectivity index (χ0) is 15.7. The Morgan fingerprint density at radius 1 is 1.27 bits per heavy atom. The first-order valence-electron chi connectivity index (χ1n) is 7.49. The highest BCUT2D eigenvalue weighted by Crippen LogP contribution is 2.21. The zero-order valence-electron chi connectivity index (χ0n) is 13.2. The van der Waals surface area contributed by atoms with Crippen molar-refractivity contribution in [2.45, 2.75) is 52.1 Å². The van der Waals surface area contributed by atoms with Gasteiger partial charge in [0.05, 0.1) is 11.8 Å². The quantitative estimate of drug-likeness (QED) is 0.674. The predicted octanol–water partition coefficient (Wildman–Crippen LogP) is 3.88. The molecule has 4 nitrogen and oxygen atoms in total. The summed E-state index contributed by atoms with van der Waals surface area (Å²) in [6.45, 7) is 4.43. The van der Waals surface area contributed by atoms with Crippen molar-refractivity contribution in [3.05, 3.63) is 24.0 Å². The van der Waals surface area contributed by atoms with E-state index in [1.165, 1.54) is 12.1 Å². The summed E-state index contributed by atoms with van der Waals surface area (Å²) in [4.78, 5) is 11.7. The van der Waals surface area contributed by atoms with E-state index in [9.17, 15) is 9.18 Å². The van der Waals surface area contributed by atoms with Crippen molar-refractivity contribution in [2.75, 3.05) is 11.9 Å². The number of carbonyl (C=O) groups is 1. The molecular weight excluding hydrogens is 307 g/mol. The van der Waals surface area contributed by atoms with Crippen LogP contribution in [0.5, 0.6) is 5.75 Å². The zero-order valence-corrected chi connectivity index (χ0v) is 14.0. The lowest BCUT2D eigenvalue weighted by molar-refractivity contribution is -0.116. The molecule has 3 N–H and O–H groups in total. The molecule has 126 valence electrons. The van der Waals surface area contributed by atoms with E-state index in [2.05, 4.69) is 5.32 Å². The Balaban J connectivity index is 0.00000441. The molecular formula is C16H26ClFN2O2. The first-order chi connectivity index (χ1) is 10.0. The average molecular weight is 333 g/mol. The number of nitrogens with two attached hydrogens (primary N) is 1. The van der Waals surface area contributed by atoms with E-state index in [-0.39, 0.29) is 30.1 Å². The van der Waals surface area contributed by atoms with Gasteiger partial charge in [0.25, 0.3) is 0 Å². The number of unbranched alkanes of at least 4 members (excludes halogenated alkanes) is 3. The summed E-state index contributed by atoms with van der Waals surface area (Å²) in [5.41, 5.74) is 5.59. The Morgan fingerprint density at radius 2 is 1.95 bits per heavy atom. The Labute approximate surface area is 138 Å². The van der Waals surface area contributed by atoms with Crippen LogP contribution < -0.4 is 15.8 Å². The summed E-state index contributed by atoms with van der Waals surface area (Å²) >= 11 is 0. The molecule has 0 atom stereocenters. The monoisotopic (exact) mass is 332 g/mol. The van der Waals surface area contributed by atoms with Crippen LogP contribution in [-0.4, -0.2) is 18.6 Å². The normalized spacial score (nSPS) is 10.2. The second-order valence-electron chi connectivity index (χ2n) is 5.31. The van der Waals surface area contributed by atoms with Crippen LogP contribution in [0.25, 0.3) is 0 Å². The maximum Gasteiger partial charge on any atom is 0.224 e. The minimum atomic E-state index is -0.482. The molecule has 1 aromatic rings. The van der Waals surface area contributed by atoms with Crippen LogP contribution in [0.15, 0.2) is 18.2 Å². The molecule has 1 amide bonds. The molecule has 0 aliphatic carbocycles. The van der Waals surface area contributed by atoms with Gasteiger partial charge in [0.2, 0.25) is 5.91 Å². The van der Waals surface area contributed by atoms with E-state index >= 15 is 0 Å². The molecule has 0 aliphatic rings. The number of halogens is 2. The van der Waals surface area contributed by atoms with Gasteiger partial charge in [-0.1, -0.05) is 12.8 Å². The van der Waals surface area contributed by atoms with Crippen molar-refractivity contribution in [3.63, 3.8) is 0 Å². The number of ether oxygens (including phenoxy) is 1. The lowest BCUT2D eigenvalue weighted by atomic mass is 10.1. The number of rotatable bonds is 9. The molecule has 0 radical (unpaired) electrons. The highest BCUT2D eigenvalue weighted by molar-refractivity contribution is 5.90. The van der Waals surface area contributed by atoms with Crippen molar-refractivity contribution in [1.29, 1.82) is 0 Å². The SMILES string of the molecule is CC(C)Oc1ccc(NC(=O)CCCCCCN)c(F)c1.Cl. The van der Waals surface area contributed by atoms with E-state index < -0.39 is 5.82 Å². The van der Waals surface area contributed by atoms with Crippen LogP contribution in [0.2, 0.25) is 0 Å². The molecule has 1 rings (SSSR count). The van der Waals surface area contributed by atoms with E-state index in [1.807, 2.05) is 13.8 Å². The van der Waals surface area contributed by atoms with Crippen molar-refractivity contribution in [1.82, 2.24) is 0 Å². The summed E-state index contributed by atoms with van der Waals surface area (Å²) in [6, 6.07) is 4.47. The summed E-state index contributed by atoms with van der Waals surface area (Å²) < 4.78 is 19.2. The first-order valence-corrected chi connectivity index (χ1v) is 7.49. The smallest absolute Gasteiger partial charge is 0.224 e. The lowest BCUT2D eigenvalue weighted by Gasteiger charge is -2.11. The third-order valence-corrected chi connectivity index (χ3v) is 2.94. The molecule has 0 saturated heterocycles. The maximum absolute atomic E-state index is 13.8. The largest absolute Gasteiger partial charge is 0.491 e. The molecule has 0 spiro atoms. The molecule has 22 heavy (non-hydrogen) atoms. The number of amides is 1. The molecule has 0 aliphatic heterocycles. The van der Waals surface area contributed by atoms with Gasteiger partial charge < -0.3 is 15.8 Å². The van der Waals surface area contributed by atoms with Crippen molar-refractivity contribution in [2.24, 2.45) is 5.73 Å². The molecule has 0 aromatic heterocycles. The minimum absolute atomic E-state index is 0. The number of hydrogen-bond acceptors (Lipinski definition) is 3. The van der Waals surface area contributed by atoms with E-state index in [0.717, 1.165) is 25.7 Å². The van der Waals surface area contributed by atoms with Gasteiger partial charge in [-0.25, -0.2) is 4.39 Å². The standard InChI is InChI=1S/C16H25FN2O2.ClH/c1-12(2)21-13-8-9-15(14(17)11-13)19-16(20)7-5-3-4-6-10-18;/h8-9,11-12H,3-7,10,18H2,1-2H3,(H,19,20);1H. The second-order valence-corrected chi connectivity index (χ2v) is 5.31. The van der Waals surface area contributed by atoms with Crippen LogP contribution in [0.3, 0.4) is 0 Å². The van der Waals surface area contributed by atoms with Gasteiger partial charge in [0.1, 0.15) is 11.6 Å². The molecule has 0 saturated carbocycles. The highest BCUT2D eigenvalue weighted by atomic mass is 35.5. The minimum Gasteiger partial charge on any atom is -0.491 e. The topological polar surface area (TPSA) is 64.3 Å².